The summed E-state index contributed by atoms with van der Waals surface area (Å²) in [6, 6.07) is 12.6. The van der Waals surface area contributed by atoms with Gasteiger partial charge in [0.2, 0.25) is 0 Å². The molecule has 3 rings (SSSR count). The maximum absolute atomic E-state index is 11.6. The smallest absolute Gasteiger partial charge is 0.336 e. The van der Waals surface area contributed by atoms with E-state index in [-0.39, 0.29) is 17.1 Å². The fourth-order valence-electron chi connectivity index (χ4n) is 2.65. The average Bonchev–Trinajstić information content (AvgIpc) is 2.59. The monoisotopic (exact) mass is 334 g/mol. The molecule has 0 bridgehead atoms. The van der Waals surface area contributed by atoms with E-state index in [1.54, 1.807) is 24.3 Å². The Kier molecular flexibility index (Phi) is 4.22. The quantitative estimate of drug-likeness (QED) is 0.802. The van der Waals surface area contributed by atoms with Gasteiger partial charge in [0.1, 0.15) is 11.5 Å². The van der Waals surface area contributed by atoms with Gasteiger partial charge in [0, 0.05) is 6.08 Å². The normalized spacial score (nSPS) is 13.5. The first kappa shape index (κ1) is 16.3. The lowest BCUT2D eigenvalue weighted by molar-refractivity contribution is -0.132. The third-order valence-corrected chi connectivity index (χ3v) is 3.80. The molecular weight excluding hydrogens is 320 g/mol. The number of hydrogen-bond donors (Lipinski definition) is 3. The third-order valence-electron chi connectivity index (χ3n) is 3.80. The predicted octanol–water partition coefficient (Wildman–Crippen LogP) is 3.05. The van der Waals surface area contributed by atoms with Gasteiger partial charge in [0.15, 0.2) is 5.78 Å². The van der Waals surface area contributed by atoms with Crippen molar-refractivity contribution >= 4 is 17.3 Å². The molecule has 0 aromatic heterocycles. The molecule has 0 atom stereocenters. The molecule has 1 aliphatic carbocycles. The maximum atomic E-state index is 11.6. The van der Waals surface area contributed by atoms with Crippen LogP contribution in [0, 0.1) is 0 Å². The van der Waals surface area contributed by atoms with Crippen LogP contribution in [0.15, 0.2) is 77.9 Å². The van der Waals surface area contributed by atoms with E-state index in [9.17, 15) is 24.9 Å². The molecule has 2 aromatic carbocycles. The van der Waals surface area contributed by atoms with E-state index in [0.717, 1.165) is 6.08 Å². The molecular formula is C20H14O5. The largest absolute Gasteiger partial charge is 0.508 e. The summed E-state index contributed by atoms with van der Waals surface area (Å²) < 4.78 is 0. The first-order valence-electron chi connectivity index (χ1n) is 7.46. The number of aliphatic carboxylic acids is 1. The highest BCUT2D eigenvalue weighted by Gasteiger charge is 2.22. The van der Waals surface area contributed by atoms with Crippen LogP contribution in [0.4, 0.5) is 0 Å². The van der Waals surface area contributed by atoms with Crippen molar-refractivity contribution in [2.24, 2.45) is 0 Å². The molecule has 0 saturated carbocycles. The summed E-state index contributed by atoms with van der Waals surface area (Å²) in [6.45, 7) is 0. The first-order valence-corrected chi connectivity index (χ1v) is 7.46. The lowest BCUT2D eigenvalue weighted by Gasteiger charge is -2.17. The second kappa shape index (κ2) is 6.49. The summed E-state index contributed by atoms with van der Waals surface area (Å²) in [4.78, 5) is 23.2. The summed E-state index contributed by atoms with van der Waals surface area (Å²) in [5, 5.41) is 28.5. The molecule has 5 nitrogen and oxygen atoms in total. The zero-order valence-electron chi connectivity index (χ0n) is 13.0. The van der Waals surface area contributed by atoms with Crippen LogP contribution in [0.1, 0.15) is 11.1 Å². The van der Waals surface area contributed by atoms with Gasteiger partial charge in [-0.15, -0.1) is 0 Å². The van der Waals surface area contributed by atoms with Gasteiger partial charge in [-0.1, -0.05) is 24.3 Å². The number of benzene rings is 2. The van der Waals surface area contributed by atoms with Crippen LogP contribution in [0.5, 0.6) is 11.5 Å². The number of carbonyl (C=O) groups excluding carboxylic acids is 1. The lowest BCUT2D eigenvalue weighted by Crippen LogP contribution is -2.11. The molecule has 2 aromatic rings. The Hall–Kier alpha value is -3.60. The Morgan fingerprint density at radius 1 is 0.760 bits per heavy atom. The summed E-state index contributed by atoms with van der Waals surface area (Å²) in [7, 11) is 0. The van der Waals surface area contributed by atoms with E-state index < -0.39 is 11.8 Å². The third kappa shape index (κ3) is 3.35. The van der Waals surface area contributed by atoms with Crippen molar-refractivity contribution in [3.8, 4) is 11.5 Å². The number of carbonyl (C=O) groups is 2. The van der Waals surface area contributed by atoms with Gasteiger partial charge >= 0.3 is 5.97 Å². The molecule has 0 radical (unpaired) electrons. The number of phenolic OH excluding ortho intramolecular Hbond substituents is 2. The van der Waals surface area contributed by atoms with E-state index in [1.807, 2.05) is 0 Å². The second-order valence-corrected chi connectivity index (χ2v) is 5.48. The SMILES string of the molecule is O=C1C=CC(=C(c2ccc(O)cc2)c2ccc(O)cc2)C(C(=O)O)=C1. The second-order valence-electron chi connectivity index (χ2n) is 5.48. The summed E-state index contributed by atoms with van der Waals surface area (Å²) in [6.07, 6.45) is 3.86. The molecule has 124 valence electrons. The number of aromatic hydroxyl groups is 2. The number of carboxylic acid groups (broad SMARTS) is 1. The maximum Gasteiger partial charge on any atom is 0.336 e. The van der Waals surface area contributed by atoms with Gasteiger partial charge in [0.05, 0.1) is 5.57 Å². The van der Waals surface area contributed by atoms with Crippen LogP contribution in [-0.2, 0) is 9.59 Å². The first-order chi connectivity index (χ1) is 12.0. The molecule has 0 saturated heterocycles. The van der Waals surface area contributed by atoms with Crippen molar-refractivity contribution < 1.29 is 24.9 Å². The Labute approximate surface area is 143 Å². The minimum absolute atomic E-state index is 0.0853. The van der Waals surface area contributed by atoms with E-state index in [2.05, 4.69) is 0 Å². The topological polar surface area (TPSA) is 94.8 Å². The number of ketones is 1. The minimum atomic E-state index is -1.21. The van der Waals surface area contributed by atoms with E-state index >= 15 is 0 Å². The highest BCUT2D eigenvalue weighted by Crippen LogP contribution is 2.34. The van der Waals surface area contributed by atoms with Crippen LogP contribution in [0.3, 0.4) is 0 Å². The standard InChI is InChI=1S/C20H14O5/c21-14-5-1-12(2-6-14)19(13-3-7-15(22)8-4-13)17-10-9-16(23)11-18(17)20(24)25/h1-11,21-22H,(H,24,25). The molecule has 0 unspecified atom stereocenters. The van der Waals surface area contributed by atoms with Crippen LogP contribution >= 0.6 is 0 Å². The van der Waals surface area contributed by atoms with Crippen LogP contribution < -0.4 is 0 Å². The van der Waals surface area contributed by atoms with Crippen molar-refractivity contribution in [2.75, 3.05) is 0 Å². The summed E-state index contributed by atoms with van der Waals surface area (Å²) in [5.74, 6) is -1.43. The van der Waals surface area contributed by atoms with Crippen molar-refractivity contribution in [1.29, 1.82) is 0 Å². The predicted molar refractivity (Wildman–Crippen MR) is 92.1 cm³/mol. The van der Waals surface area contributed by atoms with Crippen molar-refractivity contribution in [3.05, 3.63) is 89.0 Å². The fourth-order valence-corrected chi connectivity index (χ4v) is 2.65. The van der Waals surface area contributed by atoms with Crippen molar-refractivity contribution in [3.63, 3.8) is 0 Å². The lowest BCUT2D eigenvalue weighted by atomic mass is 9.87. The van der Waals surface area contributed by atoms with E-state index in [1.165, 1.54) is 36.4 Å². The molecule has 0 fully saturated rings. The molecule has 25 heavy (non-hydrogen) atoms. The fraction of sp³-hybridized carbons (Fsp3) is 0. The van der Waals surface area contributed by atoms with Gasteiger partial charge in [-0.25, -0.2) is 4.79 Å². The van der Waals surface area contributed by atoms with Crippen molar-refractivity contribution in [2.45, 2.75) is 0 Å². The molecule has 3 N–H and O–H groups in total. The highest BCUT2D eigenvalue weighted by molar-refractivity contribution is 6.12. The van der Waals surface area contributed by atoms with Crippen molar-refractivity contribution in [1.82, 2.24) is 0 Å². The Morgan fingerprint density at radius 2 is 1.24 bits per heavy atom. The zero-order chi connectivity index (χ0) is 18.0. The van der Waals surface area contributed by atoms with Crippen LogP contribution in [-0.4, -0.2) is 27.1 Å². The molecule has 0 aliphatic heterocycles. The number of allylic oxidation sites excluding steroid dienone is 3. The molecule has 1 aliphatic rings. The number of carboxylic acids is 1. The molecule has 0 spiro atoms. The summed E-state index contributed by atoms with van der Waals surface area (Å²) >= 11 is 0. The molecule has 0 heterocycles. The Bertz CT molecular complexity index is 882. The number of rotatable bonds is 3. The minimum Gasteiger partial charge on any atom is -0.508 e. The average molecular weight is 334 g/mol. The zero-order valence-corrected chi connectivity index (χ0v) is 13.0. The number of hydrogen-bond acceptors (Lipinski definition) is 4. The summed E-state index contributed by atoms with van der Waals surface area (Å²) in [5.41, 5.74) is 2.19. The van der Waals surface area contributed by atoms with Gasteiger partial charge in [0.25, 0.3) is 0 Å². The van der Waals surface area contributed by atoms with E-state index in [0.29, 0.717) is 22.3 Å². The van der Waals surface area contributed by atoms with E-state index in [4.69, 9.17) is 0 Å². The Morgan fingerprint density at radius 3 is 1.68 bits per heavy atom. The van der Waals surface area contributed by atoms with Crippen LogP contribution in [0.25, 0.3) is 5.57 Å². The Balaban J connectivity index is 2.30. The highest BCUT2D eigenvalue weighted by atomic mass is 16.4. The van der Waals surface area contributed by atoms with Crippen LogP contribution in [0.2, 0.25) is 0 Å². The van der Waals surface area contributed by atoms with Gasteiger partial charge in [-0.3, -0.25) is 4.79 Å². The van der Waals surface area contributed by atoms with Gasteiger partial charge in [-0.05, 0) is 58.7 Å². The van der Waals surface area contributed by atoms with Gasteiger partial charge in [-0.2, -0.15) is 0 Å². The number of phenols is 2. The molecule has 5 heteroatoms. The van der Waals surface area contributed by atoms with Gasteiger partial charge < -0.3 is 15.3 Å². The molecule has 0 amide bonds.